The molecule has 0 spiro atoms. The molecule has 0 saturated carbocycles. The number of nitrogens with zero attached hydrogens (tertiary/aromatic N) is 3. The highest BCUT2D eigenvalue weighted by atomic mass is 19.1. The van der Waals surface area contributed by atoms with Gasteiger partial charge in [0, 0.05) is 26.7 Å². The van der Waals surface area contributed by atoms with Gasteiger partial charge in [-0.25, -0.2) is 9.37 Å². The normalized spacial score (nSPS) is 11.8. The number of ether oxygens (including phenoxy) is 1. The number of rotatable bonds is 6. The monoisotopic (exact) mass is 514 g/mol. The van der Waals surface area contributed by atoms with E-state index in [9.17, 15) is 14.0 Å². The Hall–Kier alpha value is -4.46. The predicted octanol–water partition coefficient (Wildman–Crippen LogP) is 4.64. The van der Waals surface area contributed by atoms with Crippen LogP contribution in [0.4, 0.5) is 10.3 Å². The summed E-state index contributed by atoms with van der Waals surface area (Å²) in [6.45, 7) is 5.17. The number of halogens is 1. The lowest BCUT2D eigenvalue weighted by atomic mass is 10.1. The van der Waals surface area contributed by atoms with Gasteiger partial charge in [-0.2, -0.15) is 0 Å². The number of amides is 1. The number of carbonyl (C=O) groups excluding carboxylic acids is 1. The van der Waals surface area contributed by atoms with Gasteiger partial charge < -0.3 is 15.0 Å². The van der Waals surface area contributed by atoms with E-state index < -0.39 is 5.91 Å². The minimum atomic E-state index is -0.522. The molecule has 2 heterocycles. The molecule has 0 bridgehead atoms. The first-order chi connectivity index (χ1) is 18.3. The molecule has 0 unspecified atom stereocenters. The highest BCUT2D eigenvalue weighted by molar-refractivity contribution is 5.95. The molecule has 1 N–H and O–H groups in total. The summed E-state index contributed by atoms with van der Waals surface area (Å²) in [4.78, 5) is 32.3. The van der Waals surface area contributed by atoms with Crippen LogP contribution in [0, 0.1) is 19.7 Å². The zero-order valence-corrected chi connectivity index (χ0v) is 21.8. The Labute approximate surface area is 221 Å². The Morgan fingerprint density at radius 1 is 0.974 bits per heavy atom. The van der Waals surface area contributed by atoms with Gasteiger partial charge in [-0.15, -0.1) is 0 Å². The van der Waals surface area contributed by atoms with Gasteiger partial charge in [0.25, 0.3) is 11.5 Å². The third-order valence-corrected chi connectivity index (χ3v) is 6.17. The summed E-state index contributed by atoms with van der Waals surface area (Å²) in [6.07, 6.45) is 0. The smallest absolute Gasteiger partial charge is 0.298 e. The Bertz CT molecular complexity index is 1460. The van der Waals surface area contributed by atoms with Crippen LogP contribution < -0.4 is 20.5 Å². The van der Waals surface area contributed by atoms with Crippen LogP contribution in [-0.4, -0.2) is 29.1 Å². The molecule has 0 aliphatic carbocycles. The molecule has 0 atom stereocenters. The third kappa shape index (κ3) is 6.45. The second-order valence-electron chi connectivity index (χ2n) is 9.16. The number of fused-ring (bicyclic) bond motifs is 1. The molecule has 4 aromatic rings. The van der Waals surface area contributed by atoms with Crippen molar-refractivity contribution in [3.8, 4) is 5.75 Å². The summed E-state index contributed by atoms with van der Waals surface area (Å²) in [6, 6.07) is 24.3. The first-order valence-corrected chi connectivity index (χ1v) is 12.4. The third-order valence-electron chi connectivity index (χ3n) is 6.17. The maximum Gasteiger partial charge on any atom is 0.298 e. The fraction of sp³-hybridized carbons (Fsp3) is 0.233. The number of likely N-dealkylation sites (N-methyl/N-ethyl adjacent to an activating group) is 1. The molecule has 196 valence electrons. The highest BCUT2D eigenvalue weighted by Crippen LogP contribution is 2.21. The van der Waals surface area contributed by atoms with Crippen LogP contribution >= 0.6 is 0 Å². The van der Waals surface area contributed by atoms with Crippen LogP contribution in [0.5, 0.6) is 5.75 Å². The van der Waals surface area contributed by atoms with Crippen molar-refractivity contribution in [1.29, 1.82) is 0 Å². The maximum absolute atomic E-state index is 13.5. The van der Waals surface area contributed by atoms with Crippen molar-refractivity contribution in [3.05, 3.63) is 123 Å². The number of aryl methyl sites for hydroxylation is 2. The van der Waals surface area contributed by atoms with E-state index in [0.717, 1.165) is 11.1 Å². The van der Waals surface area contributed by atoms with Crippen molar-refractivity contribution in [2.24, 2.45) is 0 Å². The number of aromatic nitrogens is 2. The van der Waals surface area contributed by atoms with Crippen molar-refractivity contribution < 1.29 is 13.9 Å². The van der Waals surface area contributed by atoms with Crippen molar-refractivity contribution in [2.45, 2.75) is 33.5 Å². The Balaban J connectivity index is 0.000000417. The van der Waals surface area contributed by atoms with Crippen LogP contribution in [0.25, 0.3) is 0 Å². The second kappa shape index (κ2) is 12.2. The standard InChI is InChI=1S/C23H23FN4O3.C7H8/c1-15-12-17(8-9-18(15)24)13-25-21(29)19-20(31-14-16-6-4-3-5-7-16)22(30)28-11-10-27(2)23(28)26-19;1-7-5-3-2-4-6-7/h3-9,12H,10-11,13-14H2,1-2H3,(H,25,29);2-6H,1H3. The van der Waals surface area contributed by atoms with E-state index in [1.54, 1.807) is 19.1 Å². The van der Waals surface area contributed by atoms with Crippen LogP contribution in [0.3, 0.4) is 0 Å². The molecule has 7 nitrogen and oxygen atoms in total. The van der Waals surface area contributed by atoms with Gasteiger partial charge in [0.05, 0.1) is 0 Å². The van der Waals surface area contributed by atoms with Crippen LogP contribution in [-0.2, 0) is 19.7 Å². The Morgan fingerprint density at radius 3 is 2.29 bits per heavy atom. The fourth-order valence-electron chi connectivity index (χ4n) is 4.00. The summed E-state index contributed by atoms with van der Waals surface area (Å²) in [5.74, 6) is -0.468. The quantitative estimate of drug-likeness (QED) is 0.406. The number of anilines is 1. The van der Waals surface area contributed by atoms with Crippen LogP contribution in [0.2, 0.25) is 0 Å². The molecule has 1 aromatic heterocycles. The molecular weight excluding hydrogens is 483 g/mol. The van der Waals surface area contributed by atoms with Crippen molar-refractivity contribution in [3.63, 3.8) is 0 Å². The first kappa shape index (κ1) is 26.6. The molecule has 0 saturated heterocycles. The van der Waals surface area contributed by atoms with E-state index in [0.29, 0.717) is 24.6 Å². The van der Waals surface area contributed by atoms with E-state index in [1.807, 2.05) is 60.5 Å². The average Bonchev–Trinajstić information content (AvgIpc) is 3.30. The highest BCUT2D eigenvalue weighted by Gasteiger charge is 2.27. The van der Waals surface area contributed by atoms with E-state index in [-0.39, 0.29) is 36.0 Å². The van der Waals surface area contributed by atoms with E-state index in [2.05, 4.69) is 29.4 Å². The molecule has 3 aromatic carbocycles. The topological polar surface area (TPSA) is 76.5 Å². The predicted molar refractivity (Wildman–Crippen MR) is 146 cm³/mol. The van der Waals surface area contributed by atoms with E-state index in [1.165, 1.54) is 16.2 Å². The second-order valence-corrected chi connectivity index (χ2v) is 9.16. The van der Waals surface area contributed by atoms with Gasteiger partial charge in [-0.1, -0.05) is 78.4 Å². The van der Waals surface area contributed by atoms with Gasteiger partial charge in [-0.3, -0.25) is 14.2 Å². The van der Waals surface area contributed by atoms with Gasteiger partial charge in [0.2, 0.25) is 11.7 Å². The lowest BCUT2D eigenvalue weighted by Crippen LogP contribution is -2.31. The van der Waals surface area contributed by atoms with Gasteiger partial charge in [0.1, 0.15) is 12.4 Å². The summed E-state index contributed by atoms with van der Waals surface area (Å²) >= 11 is 0. The van der Waals surface area contributed by atoms with Gasteiger partial charge >= 0.3 is 0 Å². The largest absolute Gasteiger partial charge is 0.481 e. The lowest BCUT2D eigenvalue weighted by molar-refractivity contribution is 0.0940. The Kier molecular flexibility index (Phi) is 8.53. The number of carbonyl (C=O) groups is 1. The maximum atomic E-state index is 13.5. The number of hydrogen-bond donors (Lipinski definition) is 1. The minimum absolute atomic E-state index is 0.0558. The molecule has 1 aliphatic rings. The number of hydrogen-bond acceptors (Lipinski definition) is 5. The molecule has 8 heteroatoms. The fourth-order valence-corrected chi connectivity index (χ4v) is 4.00. The first-order valence-electron chi connectivity index (χ1n) is 12.4. The Morgan fingerprint density at radius 2 is 1.66 bits per heavy atom. The average molecular weight is 515 g/mol. The molecule has 5 rings (SSSR count). The molecule has 1 aliphatic heterocycles. The molecule has 0 fully saturated rings. The van der Waals surface area contributed by atoms with Gasteiger partial charge in [0.15, 0.2) is 5.69 Å². The SMILES string of the molecule is Cc1cc(CNC(=O)c2nc3n(c(=O)c2OCc2ccccc2)CCN3C)ccc1F.Cc1ccccc1. The zero-order chi connectivity index (χ0) is 27.1. The van der Waals surface area contributed by atoms with Crippen molar-refractivity contribution >= 4 is 11.9 Å². The van der Waals surface area contributed by atoms with Crippen molar-refractivity contribution in [1.82, 2.24) is 14.9 Å². The van der Waals surface area contributed by atoms with Gasteiger partial charge in [-0.05, 0) is 36.6 Å². The zero-order valence-electron chi connectivity index (χ0n) is 21.8. The van der Waals surface area contributed by atoms with E-state index >= 15 is 0 Å². The summed E-state index contributed by atoms with van der Waals surface area (Å²) in [5.41, 5.74) is 3.00. The molecular formula is C30H31FN4O3. The molecule has 0 radical (unpaired) electrons. The minimum Gasteiger partial charge on any atom is -0.481 e. The van der Waals surface area contributed by atoms with Crippen LogP contribution in [0.15, 0.2) is 83.7 Å². The summed E-state index contributed by atoms with van der Waals surface area (Å²) < 4.78 is 20.8. The summed E-state index contributed by atoms with van der Waals surface area (Å²) in [7, 11) is 1.82. The van der Waals surface area contributed by atoms with Crippen molar-refractivity contribution in [2.75, 3.05) is 18.5 Å². The lowest BCUT2D eigenvalue weighted by Gasteiger charge is -2.15. The summed E-state index contributed by atoms with van der Waals surface area (Å²) in [5, 5.41) is 2.76. The number of nitrogens with one attached hydrogen (secondary N) is 1. The number of benzene rings is 3. The van der Waals surface area contributed by atoms with E-state index in [4.69, 9.17) is 4.74 Å². The van der Waals surface area contributed by atoms with Crippen LogP contribution in [0.1, 0.15) is 32.7 Å². The molecule has 38 heavy (non-hydrogen) atoms. The molecule has 1 amide bonds.